The molecule has 1 saturated heterocycles. The van der Waals surface area contributed by atoms with Crippen LogP contribution in [0.25, 0.3) is 0 Å². The van der Waals surface area contributed by atoms with Gasteiger partial charge in [0.2, 0.25) is 0 Å². The van der Waals surface area contributed by atoms with Gasteiger partial charge in [-0.15, -0.1) is 0 Å². The summed E-state index contributed by atoms with van der Waals surface area (Å²) >= 11 is 0. The van der Waals surface area contributed by atoms with Gasteiger partial charge in [-0.25, -0.2) is 4.79 Å². The van der Waals surface area contributed by atoms with Crippen molar-refractivity contribution in [1.82, 2.24) is 4.90 Å². The van der Waals surface area contributed by atoms with Gasteiger partial charge >= 0.3 is 6.09 Å². The largest absolute Gasteiger partial charge is 0.445 e. The molecule has 1 amide bonds. The average molecular weight is 296 g/mol. The van der Waals surface area contributed by atoms with E-state index >= 15 is 0 Å². The van der Waals surface area contributed by atoms with Gasteiger partial charge in [0.1, 0.15) is 6.10 Å². The molecule has 0 aliphatic carbocycles. The topological polar surface area (TPSA) is 72.6 Å². The third kappa shape index (κ3) is 4.05. The standard InChI is InChI=1S/C14H20N2O3S/c1-11(19-14(15)17)9-16-7-8-20(18)10-13(16)12-5-3-2-4-6-12/h2-6,11,13H,7-10H2,1H3,(H2,15,17). The van der Waals surface area contributed by atoms with Crippen molar-refractivity contribution in [2.75, 3.05) is 24.6 Å². The first-order valence-corrected chi connectivity index (χ1v) is 8.15. The van der Waals surface area contributed by atoms with E-state index in [9.17, 15) is 9.00 Å². The Kier molecular flexibility index (Phi) is 5.14. The lowest BCUT2D eigenvalue weighted by molar-refractivity contribution is 0.0753. The second-order valence-corrected chi connectivity index (χ2v) is 6.60. The van der Waals surface area contributed by atoms with Crippen molar-refractivity contribution >= 4 is 16.9 Å². The van der Waals surface area contributed by atoms with Crippen LogP contribution in [0.2, 0.25) is 0 Å². The van der Waals surface area contributed by atoms with Crippen LogP contribution in [0.3, 0.4) is 0 Å². The van der Waals surface area contributed by atoms with Gasteiger partial charge in [-0.3, -0.25) is 9.11 Å². The fraction of sp³-hybridized carbons (Fsp3) is 0.500. The molecule has 2 rings (SSSR count). The molecule has 1 heterocycles. The van der Waals surface area contributed by atoms with Crippen molar-refractivity contribution in [3.05, 3.63) is 35.9 Å². The molecular formula is C14H20N2O3S. The second kappa shape index (κ2) is 6.85. The summed E-state index contributed by atoms with van der Waals surface area (Å²) in [5, 5.41) is 0. The summed E-state index contributed by atoms with van der Waals surface area (Å²) in [6.07, 6.45) is -1.03. The quantitative estimate of drug-likeness (QED) is 0.908. The Hall–Kier alpha value is -1.40. The normalized spacial score (nSPS) is 25.1. The molecule has 1 aromatic carbocycles. The van der Waals surface area contributed by atoms with Gasteiger partial charge in [-0.05, 0) is 12.5 Å². The van der Waals surface area contributed by atoms with Crippen LogP contribution < -0.4 is 5.73 Å². The van der Waals surface area contributed by atoms with Crippen LogP contribution in [0.1, 0.15) is 18.5 Å². The minimum Gasteiger partial charge on any atom is -0.445 e. The second-order valence-electron chi connectivity index (χ2n) is 4.98. The molecule has 0 saturated carbocycles. The van der Waals surface area contributed by atoms with E-state index in [2.05, 4.69) is 4.90 Å². The molecule has 1 aliphatic heterocycles. The first kappa shape index (κ1) is 15.0. The predicted molar refractivity (Wildman–Crippen MR) is 78.8 cm³/mol. The van der Waals surface area contributed by atoms with E-state index in [1.165, 1.54) is 0 Å². The summed E-state index contributed by atoms with van der Waals surface area (Å²) in [6.45, 7) is 3.15. The molecule has 5 nitrogen and oxygen atoms in total. The van der Waals surface area contributed by atoms with Gasteiger partial charge in [0.05, 0.1) is 0 Å². The van der Waals surface area contributed by atoms with E-state index in [-0.39, 0.29) is 12.1 Å². The lowest BCUT2D eigenvalue weighted by Gasteiger charge is -2.36. The summed E-state index contributed by atoms with van der Waals surface area (Å²) in [5.74, 6) is 1.28. The predicted octanol–water partition coefficient (Wildman–Crippen LogP) is 1.28. The summed E-state index contributed by atoms with van der Waals surface area (Å²) in [7, 11) is -0.791. The number of hydrogen-bond acceptors (Lipinski definition) is 4. The molecule has 0 aromatic heterocycles. The maximum Gasteiger partial charge on any atom is 0.404 e. The molecule has 2 N–H and O–H groups in total. The van der Waals surface area contributed by atoms with Crippen LogP contribution in [0.4, 0.5) is 4.79 Å². The van der Waals surface area contributed by atoms with Crippen molar-refractivity contribution in [2.24, 2.45) is 5.73 Å². The molecule has 1 fully saturated rings. The number of nitrogens with zero attached hydrogens (tertiary/aromatic N) is 1. The fourth-order valence-electron chi connectivity index (χ4n) is 2.51. The number of carbonyl (C=O) groups excluding carboxylic acids is 1. The van der Waals surface area contributed by atoms with Crippen LogP contribution in [0.5, 0.6) is 0 Å². The SMILES string of the molecule is CC(CN1CCS(=O)CC1c1ccccc1)OC(N)=O. The Morgan fingerprint density at radius 2 is 2.20 bits per heavy atom. The third-order valence-corrected chi connectivity index (χ3v) is 4.71. The van der Waals surface area contributed by atoms with Crippen LogP contribution >= 0.6 is 0 Å². The van der Waals surface area contributed by atoms with Crippen molar-refractivity contribution in [3.8, 4) is 0 Å². The number of rotatable bonds is 4. The Morgan fingerprint density at radius 3 is 2.85 bits per heavy atom. The number of benzene rings is 1. The zero-order valence-electron chi connectivity index (χ0n) is 11.5. The number of ether oxygens (including phenoxy) is 1. The lowest BCUT2D eigenvalue weighted by atomic mass is 10.1. The van der Waals surface area contributed by atoms with Crippen molar-refractivity contribution in [2.45, 2.75) is 19.1 Å². The van der Waals surface area contributed by atoms with Crippen molar-refractivity contribution < 1.29 is 13.7 Å². The highest BCUT2D eigenvalue weighted by atomic mass is 32.2. The maximum absolute atomic E-state index is 11.8. The van der Waals surface area contributed by atoms with E-state index in [4.69, 9.17) is 10.5 Å². The molecule has 110 valence electrons. The first-order chi connectivity index (χ1) is 9.56. The molecule has 1 aliphatic rings. The van der Waals surface area contributed by atoms with E-state index in [1.807, 2.05) is 37.3 Å². The summed E-state index contributed by atoms with van der Waals surface area (Å²) in [6, 6.07) is 10.1. The molecule has 0 spiro atoms. The van der Waals surface area contributed by atoms with Gasteiger partial charge in [-0.2, -0.15) is 0 Å². The smallest absolute Gasteiger partial charge is 0.404 e. The molecule has 0 bridgehead atoms. The van der Waals surface area contributed by atoms with E-state index in [0.717, 1.165) is 12.1 Å². The molecule has 1 aromatic rings. The number of nitrogens with two attached hydrogens (primary N) is 1. The average Bonchev–Trinajstić information content (AvgIpc) is 2.41. The minimum atomic E-state index is -0.791. The molecule has 3 atom stereocenters. The highest BCUT2D eigenvalue weighted by Crippen LogP contribution is 2.25. The van der Waals surface area contributed by atoms with Crippen LogP contribution in [0.15, 0.2) is 30.3 Å². The van der Waals surface area contributed by atoms with Gasteiger partial charge in [0.15, 0.2) is 0 Å². The Morgan fingerprint density at radius 1 is 1.50 bits per heavy atom. The zero-order chi connectivity index (χ0) is 14.5. The van der Waals surface area contributed by atoms with E-state index < -0.39 is 16.9 Å². The van der Waals surface area contributed by atoms with Crippen molar-refractivity contribution in [3.63, 3.8) is 0 Å². The van der Waals surface area contributed by atoms with Crippen molar-refractivity contribution in [1.29, 1.82) is 0 Å². The fourth-order valence-corrected chi connectivity index (χ4v) is 3.87. The van der Waals surface area contributed by atoms with E-state index in [1.54, 1.807) is 0 Å². The lowest BCUT2D eigenvalue weighted by Crippen LogP contribution is -2.44. The number of hydrogen-bond donors (Lipinski definition) is 1. The Balaban J connectivity index is 2.08. The van der Waals surface area contributed by atoms with Gasteiger partial charge in [-0.1, -0.05) is 30.3 Å². The van der Waals surface area contributed by atoms with E-state index in [0.29, 0.717) is 18.1 Å². The molecule has 3 unspecified atom stereocenters. The number of amides is 1. The third-order valence-electron chi connectivity index (χ3n) is 3.38. The first-order valence-electron chi connectivity index (χ1n) is 6.66. The molecular weight excluding hydrogens is 276 g/mol. The highest BCUT2D eigenvalue weighted by Gasteiger charge is 2.29. The summed E-state index contributed by atoms with van der Waals surface area (Å²) in [5.41, 5.74) is 6.18. The monoisotopic (exact) mass is 296 g/mol. The van der Waals surface area contributed by atoms with Crippen LogP contribution in [0, 0.1) is 0 Å². The van der Waals surface area contributed by atoms with Gasteiger partial charge in [0.25, 0.3) is 0 Å². The summed E-state index contributed by atoms with van der Waals surface area (Å²) in [4.78, 5) is 13.0. The molecule has 6 heteroatoms. The zero-order valence-corrected chi connectivity index (χ0v) is 12.3. The Bertz CT molecular complexity index is 481. The number of carbonyl (C=O) groups is 1. The van der Waals surface area contributed by atoms with Gasteiger partial charge < -0.3 is 10.5 Å². The highest BCUT2D eigenvalue weighted by molar-refractivity contribution is 7.85. The summed E-state index contributed by atoms with van der Waals surface area (Å²) < 4.78 is 16.8. The maximum atomic E-state index is 11.8. The molecule has 0 radical (unpaired) electrons. The van der Waals surface area contributed by atoms with Crippen LogP contribution in [-0.2, 0) is 15.5 Å². The van der Waals surface area contributed by atoms with Gasteiger partial charge in [0, 0.05) is 41.4 Å². The van der Waals surface area contributed by atoms with Crippen LogP contribution in [-0.4, -0.2) is 45.9 Å². The Labute approximate surface area is 121 Å². The minimum absolute atomic E-state index is 0.102. The number of primary amides is 1. The molecule has 20 heavy (non-hydrogen) atoms.